The number of methoxy groups -OCH3 is 1. The minimum atomic E-state index is -1.07. The first-order chi connectivity index (χ1) is 11.8. The summed E-state index contributed by atoms with van der Waals surface area (Å²) in [6.45, 7) is 1.75. The van der Waals surface area contributed by atoms with Crippen molar-refractivity contribution in [2.75, 3.05) is 17.7 Å². The molecule has 0 saturated heterocycles. The predicted molar refractivity (Wildman–Crippen MR) is 89.8 cm³/mol. The molecule has 2 rings (SSSR count). The van der Waals surface area contributed by atoms with Crippen LogP contribution in [0.15, 0.2) is 36.4 Å². The van der Waals surface area contributed by atoms with Crippen molar-refractivity contribution in [1.29, 1.82) is 0 Å². The van der Waals surface area contributed by atoms with Crippen molar-refractivity contribution in [3.8, 4) is 11.5 Å². The molecule has 0 bridgehead atoms. The van der Waals surface area contributed by atoms with E-state index in [0.717, 1.165) is 11.6 Å². The maximum absolute atomic E-state index is 12.0. The average molecular weight is 345 g/mol. The summed E-state index contributed by atoms with van der Waals surface area (Å²) in [6.07, 6.45) is 0. The number of phenolic OH excluding ortho intramolecular Hbond substituents is 1. The van der Waals surface area contributed by atoms with Crippen LogP contribution in [0.3, 0.4) is 0 Å². The second kappa shape index (κ2) is 7.30. The van der Waals surface area contributed by atoms with Crippen LogP contribution in [0.2, 0.25) is 0 Å². The van der Waals surface area contributed by atoms with E-state index in [1.54, 1.807) is 13.0 Å². The molecule has 2 aromatic carbocycles. The normalized spacial score (nSPS) is 10.0. The monoisotopic (exact) mass is 345 g/mol. The number of aryl methyl sites for hydroxylation is 1. The zero-order valence-corrected chi connectivity index (χ0v) is 13.4. The molecule has 0 saturated carbocycles. The molecule has 9 heteroatoms. The summed E-state index contributed by atoms with van der Waals surface area (Å²) in [7, 11) is 1.32. The highest BCUT2D eigenvalue weighted by Crippen LogP contribution is 2.29. The van der Waals surface area contributed by atoms with Gasteiger partial charge in [-0.25, -0.2) is 0 Å². The molecule has 0 heterocycles. The highest BCUT2D eigenvalue weighted by molar-refractivity contribution is 6.44. The third-order valence-electron chi connectivity index (χ3n) is 3.25. The third-order valence-corrected chi connectivity index (χ3v) is 3.25. The maximum Gasteiger partial charge on any atom is 0.314 e. The molecule has 0 fully saturated rings. The fourth-order valence-corrected chi connectivity index (χ4v) is 2.02. The SMILES string of the molecule is COc1ccc([N+](=O)[O-])cc1NC(=O)C(=O)Nc1cc(C)ccc1O. The van der Waals surface area contributed by atoms with Gasteiger partial charge in [0.25, 0.3) is 5.69 Å². The Morgan fingerprint density at radius 1 is 1.08 bits per heavy atom. The second-order valence-electron chi connectivity index (χ2n) is 5.07. The van der Waals surface area contributed by atoms with Gasteiger partial charge in [-0.2, -0.15) is 0 Å². The first-order valence-electron chi connectivity index (χ1n) is 7.06. The standard InChI is InChI=1S/C16H15N3O6/c1-9-3-5-13(20)11(7-9)17-15(21)16(22)18-12-8-10(19(23)24)4-6-14(12)25-2/h3-8,20H,1-2H3,(H,17,21)(H,18,22). The zero-order valence-electron chi connectivity index (χ0n) is 13.4. The van der Waals surface area contributed by atoms with E-state index >= 15 is 0 Å². The van der Waals surface area contributed by atoms with Crippen LogP contribution >= 0.6 is 0 Å². The van der Waals surface area contributed by atoms with Crippen molar-refractivity contribution in [2.24, 2.45) is 0 Å². The number of aromatic hydroxyl groups is 1. The first kappa shape index (κ1) is 17.7. The molecule has 2 amide bonds. The van der Waals surface area contributed by atoms with Crippen LogP contribution in [-0.2, 0) is 9.59 Å². The molecule has 9 nitrogen and oxygen atoms in total. The largest absolute Gasteiger partial charge is 0.506 e. The highest BCUT2D eigenvalue weighted by Gasteiger charge is 2.19. The van der Waals surface area contributed by atoms with Gasteiger partial charge in [-0.15, -0.1) is 0 Å². The number of ether oxygens (including phenoxy) is 1. The van der Waals surface area contributed by atoms with Crippen molar-refractivity contribution in [1.82, 2.24) is 0 Å². The van der Waals surface area contributed by atoms with Gasteiger partial charge in [0.2, 0.25) is 0 Å². The van der Waals surface area contributed by atoms with E-state index in [1.807, 2.05) is 0 Å². The van der Waals surface area contributed by atoms with Crippen molar-refractivity contribution in [2.45, 2.75) is 6.92 Å². The Hall–Kier alpha value is -3.62. The van der Waals surface area contributed by atoms with Gasteiger partial charge in [-0.1, -0.05) is 6.07 Å². The molecule has 0 aliphatic heterocycles. The summed E-state index contributed by atoms with van der Waals surface area (Å²) in [5.41, 5.74) is 0.554. The Labute approximate surface area is 142 Å². The average Bonchev–Trinajstić information content (AvgIpc) is 2.57. The molecule has 0 aliphatic carbocycles. The van der Waals surface area contributed by atoms with Gasteiger partial charge in [-0.3, -0.25) is 19.7 Å². The van der Waals surface area contributed by atoms with Crippen LogP contribution < -0.4 is 15.4 Å². The summed E-state index contributed by atoms with van der Waals surface area (Å²) in [5.74, 6) is -2.15. The number of amides is 2. The number of nitrogens with zero attached hydrogens (tertiary/aromatic N) is 1. The molecule has 25 heavy (non-hydrogen) atoms. The minimum absolute atomic E-state index is 0.0229. The van der Waals surface area contributed by atoms with Crippen LogP contribution in [0, 0.1) is 17.0 Å². The summed E-state index contributed by atoms with van der Waals surface area (Å²) in [4.78, 5) is 34.2. The topological polar surface area (TPSA) is 131 Å². The van der Waals surface area contributed by atoms with Crippen molar-refractivity contribution in [3.05, 3.63) is 52.1 Å². The van der Waals surface area contributed by atoms with Crippen LogP contribution in [0.1, 0.15) is 5.56 Å². The van der Waals surface area contributed by atoms with E-state index in [9.17, 15) is 24.8 Å². The molecule has 130 valence electrons. The summed E-state index contributed by atoms with van der Waals surface area (Å²) in [5, 5.41) is 25.0. The van der Waals surface area contributed by atoms with Crippen LogP contribution in [-0.4, -0.2) is 29.0 Å². The van der Waals surface area contributed by atoms with Gasteiger partial charge in [-0.05, 0) is 30.7 Å². The van der Waals surface area contributed by atoms with Gasteiger partial charge in [0, 0.05) is 12.1 Å². The lowest BCUT2D eigenvalue weighted by molar-refractivity contribution is -0.384. The van der Waals surface area contributed by atoms with Crippen LogP contribution in [0.25, 0.3) is 0 Å². The number of nitro groups is 1. The predicted octanol–water partition coefficient (Wildman–Crippen LogP) is 2.19. The Morgan fingerprint density at radius 3 is 2.32 bits per heavy atom. The third kappa shape index (κ3) is 4.22. The first-order valence-corrected chi connectivity index (χ1v) is 7.06. The number of rotatable bonds is 4. The molecular formula is C16H15N3O6. The molecule has 3 N–H and O–H groups in total. The van der Waals surface area contributed by atoms with E-state index in [4.69, 9.17) is 4.74 Å². The zero-order chi connectivity index (χ0) is 18.6. The fraction of sp³-hybridized carbons (Fsp3) is 0.125. The number of carbonyl (C=O) groups is 2. The van der Waals surface area contributed by atoms with E-state index in [0.29, 0.717) is 0 Å². The Bertz CT molecular complexity index is 850. The lowest BCUT2D eigenvalue weighted by Crippen LogP contribution is -2.29. The van der Waals surface area contributed by atoms with E-state index < -0.39 is 16.7 Å². The highest BCUT2D eigenvalue weighted by atomic mass is 16.6. The molecule has 0 aromatic heterocycles. The number of benzene rings is 2. The number of carbonyl (C=O) groups excluding carboxylic acids is 2. The van der Waals surface area contributed by atoms with E-state index in [2.05, 4.69) is 10.6 Å². The number of nitro benzene ring substituents is 1. The molecule has 0 radical (unpaired) electrons. The van der Waals surface area contributed by atoms with Crippen molar-refractivity contribution in [3.63, 3.8) is 0 Å². The lowest BCUT2D eigenvalue weighted by Gasteiger charge is -2.11. The van der Waals surface area contributed by atoms with Gasteiger partial charge in [0.1, 0.15) is 11.5 Å². The molecule has 0 atom stereocenters. The Kier molecular flexibility index (Phi) is 5.18. The second-order valence-corrected chi connectivity index (χ2v) is 5.07. The molecule has 2 aromatic rings. The molecular weight excluding hydrogens is 330 g/mol. The van der Waals surface area contributed by atoms with Crippen LogP contribution in [0.5, 0.6) is 11.5 Å². The summed E-state index contributed by atoms with van der Waals surface area (Å²) < 4.78 is 5.00. The summed E-state index contributed by atoms with van der Waals surface area (Å²) in [6, 6.07) is 8.10. The quantitative estimate of drug-likeness (QED) is 0.337. The number of hydrogen-bond acceptors (Lipinski definition) is 6. The maximum atomic E-state index is 12.0. The van der Waals surface area contributed by atoms with Crippen LogP contribution in [0.4, 0.5) is 17.1 Å². The van der Waals surface area contributed by atoms with Gasteiger partial charge < -0.3 is 20.5 Å². The number of anilines is 2. The minimum Gasteiger partial charge on any atom is -0.506 e. The Morgan fingerprint density at radius 2 is 1.72 bits per heavy atom. The number of hydrogen-bond donors (Lipinski definition) is 3. The van der Waals surface area contributed by atoms with Gasteiger partial charge >= 0.3 is 11.8 Å². The smallest absolute Gasteiger partial charge is 0.314 e. The Balaban J connectivity index is 2.18. The fourth-order valence-electron chi connectivity index (χ4n) is 2.02. The number of nitrogens with one attached hydrogen (secondary N) is 2. The van der Waals surface area contributed by atoms with Crippen molar-refractivity contribution < 1.29 is 24.4 Å². The number of phenols is 1. The summed E-state index contributed by atoms with van der Waals surface area (Å²) >= 11 is 0. The molecule has 0 aliphatic rings. The van der Waals surface area contributed by atoms with Crippen molar-refractivity contribution >= 4 is 28.9 Å². The lowest BCUT2D eigenvalue weighted by atomic mass is 10.2. The van der Waals surface area contributed by atoms with E-state index in [-0.39, 0.29) is 28.6 Å². The van der Waals surface area contributed by atoms with Gasteiger partial charge in [0.15, 0.2) is 0 Å². The molecule has 0 unspecified atom stereocenters. The van der Waals surface area contributed by atoms with Gasteiger partial charge in [0.05, 0.1) is 23.4 Å². The number of non-ortho nitro benzene ring substituents is 1. The van der Waals surface area contributed by atoms with E-state index in [1.165, 1.54) is 31.4 Å². The molecule has 0 spiro atoms.